The third kappa shape index (κ3) is 2.71. The molecule has 1 aromatic heterocycles. The number of hydrogen-bond donors (Lipinski definition) is 3. The Morgan fingerprint density at radius 3 is 2.40 bits per heavy atom. The molecule has 0 aromatic carbocycles. The van der Waals surface area contributed by atoms with Crippen molar-refractivity contribution in [2.45, 2.75) is 26.2 Å². The minimum Gasteiger partial charge on any atom is -0.481 e. The van der Waals surface area contributed by atoms with Gasteiger partial charge in [0.2, 0.25) is 0 Å². The molecule has 0 aliphatic rings. The van der Waals surface area contributed by atoms with Crippen molar-refractivity contribution in [1.82, 2.24) is 10.2 Å². The van der Waals surface area contributed by atoms with Gasteiger partial charge in [-0.3, -0.25) is 19.8 Å². The Hall–Kier alpha value is -1.04. The van der Waals surface area contributed by atoms with Gasteiger partial charge in [0.05, 0.1) is 12.0 Å². The van der Waals surface area contributed by atoms with Gasteiger partial charge in [0.25, 0.3) is 5.56 Å². The van der Waals surface area contributed by atoms with Crippen LogP contribution in [-0.4, -0.2) is 21.3 Å². The van der Waals surface area contributed by atoms with Crippen molar-refractivity contribution in [2.24, 2.45) is 5.92 Å². The summed E-state index contributed by atoms with van der Waals surface area (Å²) in [7, 11) is 0. The van der Waals surface area contributed by atoms with Crippen LogP contribution in [0.2, 0.25) is 0 Å². The maximum Gasteiger partial charge on any atom is 0.303 e. The molecule has 1 unspecified atom stereocenters. The Bertz CT molecular complexity index is 408. The Balaban J connectivity index is 3.09. The number of aliphatic carboxylic acids is 1. The highest BCUT2D eigenvalue weighted by Crippen LogP contribution is 2.29. The molecule has 1 aromatic rings. The summed E-state index contributed by atoms with van der Waals surface area (Å²) >= 11 is 3.20. The summed E-state index contributed by atoms with van der Waals surface area (Å²) < 4.78 is 0.535. The van der Waals surface area contributed by atoms with Crippen molar-refractivity contribution in [1.29, 1.82) is 0 Å². The van der Waals surface area contributed by atoms with E-state index in [9.17, 15) is 9.59 Å². The minimum atomic E-state index is -0.902. The summed E-state index contributed by atoms with van der Waals surface area (Å²) in [4.78, 5) is 22.2. The fraction of sp³-hybridized carbons (Fsp3) is 0.556. The Kier molecular flexibility index (Phi) is 3.73. The zero-order valence-corrected chi connectivity index (χ0v) is 10.1. The Morgan fingerprint density at radius 1 is 1.47 bits per heavy atom. The van der Waals surface area contributed by atoms with E-state index in [0.717, 1.165) is 0 Å². The average molecular weight is 277 g/mol. The number of hydrogen-bond acceptors (Lipinski definition) is 2. The third-order valence-electron chi connectivity index (χ3n) is 2.34. The third-order valence-corrected chi connectivity index (χ3v) is 2.96. The summed E-state index contributed by atoms with van der Waals surface area (Å²) in [5, 5.41) is 13.8. The number of nitrogens with one attached hydrogen (secondary N) is 2. The fourth-order valence-corrected chi connectivity index (χ4v) is 2.11. The van der Waals surface area contributed by atoms with Gasteiger partial charge in [-0.1, -0.05) is 13.8 Å². The number of carboxylic acids is 1. The van der Waals surface area contributed by atoms with E-state index in [1.807, 2.05) is 13.8 Å². The lowest BCUT2D eigenvalue weighted by Gasteiger charge is -2.16. The maximum absolute atomic E-state index is 11.5. The molecule has 0 spiro atoms. The van der Waals surface area contributed by atoms with Crippen LogP contribution in [0.3, 0.4) is 0 Å². The minimum absolute atomic E-state index is 0.0444. The van der Waals surface area contributed by atoms with Crippen LogP contribution in [-0.2, 0) is 4.79 Å². The first kappa shape index (κ1) is 12.0. The lowest BCUT2D eigenvalue weighted by atomic mass is 9.87. The average Bonchev–Trinajstić information content (AvgIpc) is 2.42. The summed E-state index contributed by atoms with van der Waals surface area (Å²) in [6.07, 6.45) is -0.0444. The Morgan fingerprint density at radius 2 is 2.07 bits per heavy atom. The molecule has 0 bridgehead atoms. The molecule has 0 saturated carbocycles. The lowest BCUT2D eigenvalue weighted by Crippen LogP contribution is -2.18. The molecule has 15 heavy (non-hydrogen) atoms. The molecule has 0 fully saturated rings. The van der Waals surface area contributed by atoms with Gasteiger partial charge < -0.3 is 5.11 Å². The molecular formula is C9H13BrN2O3. The zero-order valence-electron chi connectivity index (χ0n) is 8.50. The molecule has 1 rings (SSSR count). The number of rotatable bonds is 4. The van der Waals surface area contributed by atoms with E-state index in [1.165, 1.54) is 0 Å². The van der Waals surface area contributed by atoms with Crippen LogP contribution in [0.5, 0.6) is 0 Å². The van der Waals surface area contributed by atoms with E-state index < -0.39 is 5.97 Å². The van der Waals surface area contributed by atoms with Gasteiger partial charge in [0.15, 0.2) is 0 Å². The molecule has 1 heterocycles. The molecule has 0 saturated heterocycles. The first-order valence-corrected chi connectivity index (χ1v) is 5.40. The van der Waals surface area contributed by atoms with Crippen LogP contribution in [0.25, 0.3) is 0 Å². The molecule has 0 amide bonds. The summed E-state index contributed by atoms with van der Waals surface area (Å²) in [5.74, 6) is -1.10. The molecule has 3 N–H and O–H groups in total. The highest BCUT2D eigenvalue weighted by Gasteiger charge is 2.25. The van der Waals surface area contributed by atoms with E-state index in [4.69, 9.17) is 5.11 Å². The normalized spacial score (nSPS) is 13.1. The SMILES string of the molecule is CC(C)C(CC(=O)O)c1c(Br)[nH][nH]c1=O. The number of aromatic nitrogens is 2. The van der Waals surface area contributed by atoms with Crippen molar-refractivity contribution in [3.8, 4) is 0 Å². The van der Waals surface area contributed by atoms with Gasteiger partial charge in [-0.2, -0.15) is 0 Å². The molecule has 0 aliphatic heterocycles. The monoisotopic (exact) mass is 276 g/mol. The molecule has 6 heteroatoms. The summed E-state index contributed by atoms with van der Waals surface area (Å²) in [6, 6.07) is 0. The number of H-pyrrole nitrogens is 2. The van der Waals surface area contributed by atoms with Gasteiger partial charge >= 0.3 is 5.97 Å². The molecule has 5 nitrogen and oxygen atoms in total. The van der Waals surface area contributed by atoms with Crippen LogP contribution in [0, 0.1) is 5.92 Å². The number of carbonyl (C=O) groups is 1. The molecule has 0 aliphatic carbocycles. The van der Waals surface area contributed by atoms with E-state index in [1.54, 1.807) is 0 Å². The maximum atomic E-state index is 11.5. The predicted octanol–water partition coefficient (Wildman–Crippen LogP) is 1.68. The van der Waals surface area contributed by atoms with Crippen LogP contribution in [0.4, 0.5) is 0 Å². The number of aromatic amines is 2. The predicted molar refractivity (Wildman–Crippen MR) is 58.9 cm³/mol. The van der Waals surface area contributed by atoms with Gasteiger partial charge in [0.1, 0.15) is 4.60 Å². The smallest absolute Gasteiger partial charge is 0.303 e. The summed E-state index contributed by atoms with van der Waals surface area (Å²) in [6.45, 7) is 3.79. The lowest BCUT2D eigenvalue weighted by molar-refractivity contribution is -0.137. The molecule has 0 radical (unpaired) electrons. The van der Waals surface area contributed by atoms with Gasteiger partial charge in [-0.15, -0.1) is 0 Å². The number of carboxylic acid groups (broad SMARTS) is 1. The van der Waals surface area contributed by atoms with Crippen molar-refractivity contribution in [3.05, 3.63) is 20.5 Å². The largest absolute Gasteiger partial charge is 0.481 e. The highest BCUT2D eigenvalue weighted by molar-refractivity contribution is 9.10. The Labute approximate surface area is 95.0 Å². The van der Waals surface area contributed by atoms with Crippen LogP contribution < -0.4 is 5.56 Å². The van der Waals surface area contributed by atoms with Gasteiger partial charge in [-0.25, -0.2) is 0 Å². The van der Waals surface area contributed by atoms with E-state index in [0.29, 0.717) is 10.2 Å². The first-order valence-electron chi connectivity index (χ1n) is 4.61. The molecule has 1 atom stereocenters. The molecule has 84 valence electrons. The van der Waals surface area contributed by atoms with Crippen molar-refractivity contribution in [2.75, 3.05) is 0 Å². The second-order valence-corrected chi connectivity index (χ2v) is 4.55. The van der Waals surface area contributed by atoms with Gasteiger partial charge in [-0.05, 0) is 21.8 Å². The van der Waals surface area contributed by atoms with Crippen molar-refractivity contribution in [3.63, 3.8) is 0 Å². The second-order valence-electron chi connectivity index (χ2n) is 3.76. The first-order chi connectivity index (χ1) is 6.93. The van der Waals surface area contributed by atoms with Crippen LogP contribution in [0.1, 0.15) is 31.7 Å². The zero-order chi connectivity index (χ0) is 11.6. The van der Waals surface area contributed by atoms with E-state index in [-0.39, 0.29) is 23.8 Å². The van der Waals surface area contributed by atoms with Crippen molar-refractivity contribution < 1.29 is 9.90 Å². The van der Waals surface area contributed by atoms with E-state index >= 15 is 0 Å². The van der Waals surface area contributed by atoms with Crippen LogP contribution >= 0.6 is 15.9 Å². The topological polar surface area (TPSA) is 85.9 Å². The highest BCUT2D eigenvalue weighted by atomic mass is 79.9. The van der Waals surface area contributed by atoms with Crippen LogP contribution in [0.15, 0.2) is 9.40 Å². The number of halogens is 1. The second kappa shape index (κ2) is 4.65. The summed E-state index contributed by atoms with van der Waals surface area (Å²) in [5.41, 5.74) is 0.217. The van der Waals surface area contributed by atoms with Crippen molar-refractivity contribution >= 4 is 21.9 Å². The fourth-order valence-electron chi connectivity index (χ4n) is 1.54. The quantitative estimate of drug-likeness (QED) is 0.782. The van der Waals surface area contributed by atoms with Gasteiger partial charge in [0, 0.05) is 5.92 Å². The molecular weight excluding hydrogens is 264 g/mol. The van der Waals surface area contributed by atoms with E-state index in [2.05, 4.69) is 26.1 Å². The standard InChI is InChI=1S/C9H13BrN2O3/c1-4(2)5(3-6(13)14)7-8(10)11-12-9(7)15/h4-5H,3H2,1-2H3,(H,13,14)(H2,11,12,15).